The van der Waals surface area contributed by atoms with Crippen molar-refractivity contribution in [2.24, 2.45) is 0 Å². The summed E-state index contributed by atoms with van der Waals surface area (Å²) in [7, 11) is 0. The van der Waals surface area contributed by atoms with Crippen LogP contribution in [-0.4, -0.2) is 0 Å². The highest BCUT2D eigenvalue weighted by molar-refractivity contribution is 5.85. The molecule has 0 atom stereocenters. The summed E-state index contributed by atoms with van der Waals surface area (Å²) in [6.07, 6.45) is 6.66. The smallest absolute Gasteiger partial charge is 0.00576 e. The number of hydrogen-bond donors (Lipinski definition) is 0. The van der Waals surface area contributed by atoms with E-state index in [1.54, 1.807) is 0 Å². The number of allylic oxidation sites excluding steroid dienone is 5. The molecule has 0 heteroatoms. The molecule has 0 spiro atoms. The summed E-state index contributed by atoms with van der Waals surface area (Å²) in [4.78, 5) is 0. The Labute approximate surface area is 133 Å². The van der Waals surface area contributed by atoms with Crippen molar-refractivity contribution in [3.05, 3.63) is 101 Å². The molecule has 0 heterocycles. The minimum atomic E-state index is 1.04. The van der Waals surface area contributed by atoms with Crippen LogP contribution in [0.1, 0.15) is 37.8 Å². The molecule has 110 valence electrons. The molecule has 3 rings (SSSR count). The van der Waals surface area contributed by atoms with Crippen LogP contribution in [0.4, 0.5) is 0 Å². The Morgan fingerprint density at radius 3 is 1.86 bits per heavy atom. The van der Waals surface area contributed by atoms with E-state index in [0.29, 0.717) is 0 Å². The number of benzene rings is 2. The lowest BCUT2D eigenvalue weighted by Crippen LogP contribution is -2.02. The van der Waals surface area contributed by atoms with Gasteiger partial charge in [-0.05, 0) is 47.6 Å². The Bertz CT molecular complexity index is 687. The topological polar surface area (TPSA) is 0 Å². The molecular weight excluding hydrogens is 264 g/mol. The summed E-state index contributed by atoms with van der Waals surface area (Å²) in [6, 6.07) is 21.5. The second-order valence-electron chi connectivity index (χ2n) is 5.82. The zero-order chi connectivity index (χ0) is 15.4. The van der Waals surface area contributed by atoms with Crippen molar-refractivity contribution in [2.45, 2.75) is 26.7 Å². The lowest BCUT2D eigenvalue weighted by Gasteiger charge is -2.21. The third-order valence-corrected chi connectivity index (χ3v) is 4.22. The predicted molar refractivity (Wildman–Crippen MR) is 95.7 cm³/mol. The van der Waals surface area contributed by atoms with Gasteiger partial charge in [-0.3, -0.25) is 0 Å². The van der Waals surface area contributed by atoms with Crippen LogP contribution in [0.25, 0.3) is 5.57 Å². The van der Waals surface area contributed by atoms with E-state index in [2.05, 4.69) is 86.7 Å². The minimum Gasteiger partial charge on any atom is -0.0689 e. The van der Waals surface area contributed by atoms with E-state index in [4.69, 9.17) is 0 Å². The zero-order valence-electron chi connectivity index (χ0n) is 13.3. The lowest BCUT2D eigenvalue weighted by molar-refractivity contribution is 1.01. The fraction of sp³-hybridized carbons (Fsp3) is 0.182. The fourth-order valence-corrected chi connectivity index (χ4v) is 3.10. The van der Waals surface area contributed by atoms with Gasteiger partial charge in [-0.2, -0.15) is 0 Å². The van der Waals surface area contributed by atoms with Crippen LogP contribution >= 0.6 is 0 Å². The van der Waals surface area contributed by atoms with E-state index in [0.717, 1.165) is 12.8 Å². The average molecular weight is 286 g/mol. The number of rotatable bonds is 3. The second kappa shape index (κ2) is 6.62. The van der Waals surface area contributed by atoms with Crippen molar-refractivity contribution in [1.82, 2.24) is 0 Å². The number of hydrogen-bond acceptors (Lipinski definition) is 0. The third kappa shape index (κ3) is 2.96. The highest BCUT2D eigenvalue weighted by Gasteiger charge is 2.16. The van der Waals surface area contributed by atoms with Gasteiger partial charge >= 0.3 is 0 Å². The second-order valence-corrected chi connectivity index (χ2v) is 5.82. The maximum absolute atomic E-state index is 2.29. The van der Waals surface area contributed by atoms with Crippen molar-refractivity contribution in [3.63, 3.8) is 0 Å². The highest BCUT2D eigenvalue weighted by atomic mass is 14.2. The normalized spacial score (nSPS) is 14.4. The SMILES string of the molecule is CCC1=CC=C(C)CC1=C(c1ccccc1)c1ccccc1. The van der Waals surface area contributed by atoms with Gasteiger partial charge in [0.25, 0.3) is 0 Å². The third-order valence-electron chi connectivity index (χ3n) is 4.22. The van der Waals surface area contributed by atoms with Crippen molar-refractivity contribution in [2.75, 3.05) is 0 Å². The molecule has 0 fully saturated rings. The van der Waals surface area contributed by atoms with Gasteiger partial charge in [0.05, 0.1) is 0 Å². The molecule has 0 aliphatic heterocycles. The standard InChI is InChI=1S/C22H22/c1-3-18-15-14-17(2)16-21(18)22(19-10-6-4-7-11-19)20-12-8-5-9-13-20/h4-15H,3,16H2,1-2H3. The first kappa shape index (κ1) is 14.6. The molecule has 0 saturated carbocycles. The Kier molecular flexibility index (Phi) is 4.39. The van der Waals surface area contributed by atoms with Crippen molar-refractivity contribution >= 4 is 5.57 Å². The molecule has 0 saturated heterocycles. The van der Waals surface area contributed by atoms with Crippen LogP contribution in [0.3, 0.4) is 0 Å². The summed E-state index contributed by atoms with van der Waals surface area (Å²) < 4.78 is 0. The first-order chi connectivity index (χ1) is 10.8. The summed E-state index contributed by atoms with van der Waals surface area (Å²) in [5.74, 6) is 0. The molecule has 0 N–H and O–H groups in total. The van der Waals surface area contributed by atoms with E-state index in [9.17, 15) is 0 Å². The maximum atomic E-state index is 2.29. The molecule has 1 aliphatic rings. The summed E-state index contributed by atoms with van der Waals surface area (Å²) >= 11 is 0. The van der Waals surface area contributed by atoms with E-state index in [1.807, 2.05) is 0 Å². The minimum absolute atomic E-state index is 1.04. The van der Waals surface area contributed by atoms with Gasteiger partial charge in [-0.25, -0.2) is 0 Å². The van der Waals surface area contributed by atoms with Crippen LogP contribution in [-0.2, 0) is 0 Å². The molecule has 0 nitrogen and oxygen atoms in total. The van der Waals surface area contributed by atoms with Crippen LogP contribution in [0.15, 0.2) is 89.5 Å². The zero-order valence-corrected chi connectivity index (χ0v) is 13.3. The molecule has 1 aliphatic carbocycles. The van der Waals surface area contributed by atoms with E-state index < -0.39 is 0 Å². The molecular formula is C22H22. The molecule has 0 bridgehead atoms. The quantitative estimate of drug-likeness (QED) is 0.632. The monoisotopic (exact) mass is 286 g/mol. The van der Waals surface area contributed by atoms with Gasteiger partial charge in [0.2, 0.25) is 0 Å². The Morgan fingerprint density at radius 2 is 1.36 bits per heavy atom. The first-order valence-corrected chi connectivity index (χ1v) is 8.00. The molecule has 0 radical (unpaired) electrons. The molecule has 0 aromatic heterocycles. The van der Waals surface area contributed by atoms with Crippen LogP contribution in [0.5, 0.6) is 0 Å². The first-order valence-electron chi connectivity index (χ1n) is 8.00. The van der Waals surface area contributed by atoms with E-state index in [1.165, 1.54) is 33.4 Å². The summed E-state index contributed by atoms with van der Waals surface area (Å²) in [5, 5.41) is 0. The summed E-state index contributed by atoms with van der Waals surface area (Å²) in [5.41, 5.74) is 8.34. The van der Waals surface area contributed by atoms with Gasteiger partial charge in [0, 0.05) is 0 Å². The lowest BCUT2D eigenvalue weighted by atomic mass is 9.83. The highest BCUT2D eigenvalue weighted by Crippen LogP contribution is 2.36. The van der Waals surface area contributed by atoms with Crippen LogP contribution < -0.4 is 0 Å². The van der Waals surface area contributed by atoms with Gasteiger partial charge in [0.15, 0.2) is 0 Å². The maximum Gasteiger partial charge on any atom is -0.00576 e. The molecule has 2 aromatic rings. The molecule has 22 heavy (non-hydrogen) atoms. The largest absolute Gasteiger partial charge is 0.0689 e. The Hall–Kier alpha value is -2.34. The fourth-order valence-electron chi connectivity index (χ4n) is 3.10. The molecule has 0 amide bonds. The van der Waals surface area contributed by atoms with E-state index >= 15 is 0 Å². The summed E-state index contributed by atoms with van der Waals surface area (Å²) in [6.45, 7) is 4.46. The van der Waals surface area contributed by atoms with Crippen LogP contribution in [0.2, 0.25) is 0 Å². The van der Waals surface area contributed by atoms with Crippen LogP contribution in [0, 0.1) is 0 Å². The molecule has 2 aromatic carbocycles. The van der Waals surface area contributed by atoms with Gasteiger partial charge in [0.1, 0.15) is 0 Å². The van der Waals surface area contributed by atoms with Crippen molar-refractivity contribution in [1.29, 1.82) is 0 Å². The predicted octanol–water partition coefficient (Wildman–Crippen LogP) is 6.17. The van der Waals surface area contributed by atoms with Gasteiger partial charge in [-0.1, -0.05) is 85.3 Å². The Balaban J connectivity index is 2.24. The molecule has 0 unspecified atom stereocenters. The van der Waals surface area contributed by atoms with E-state index in [-0.39, 0.29) is 0 Å². The van der Waals surface area contributed by atoms with Gasteiger partial charge in [-0.15, -0.1) is 0 Å². The average Bonchev–Trinajstić information content (AvgIpc) is 2.57. The van der Waals surface area contributed by atoms with Crippen molar-refractivity contribution < 1.29 is 0 Å². The van der Waals surface area contributed by atoms with Gasteiger partial charge < -0.3 is 0 Å². The van der Waals surface area contributed by atoms with Crippen molar-refractivity contribution in [3.8, 4) is 0 Å². The Morgan fingerprint density at radius 1 is 0.818 bits per heavy atom.